The van der Waals surface area contributed by atoms with Crippen molar-refractivity contribution >= 4 is 28.3 Å². The minimum atomic E-state index is -0.452. The summed E-state index contributed by atoms with van der Waals surface area (Å²) in [5.74, 6) is -0.429. The Balaban J connectivity index is 1.54. The summed E-state index contributed by atoms with van der Waals surface area (Å²) in [5, 5.41) is 4.86. The number of rotatable bonds is 5. The van der Waals surface area contributed by atoms with Gasteiger partial charge in [0.05, 0.1) is 11.9 Å². The largest absolute Gasteiger partial charge is 0.417 e. The zero-order chi connectivity index (χ0) is 14.7. The molecule has 3 aromatic rings. The molecule has 2 heterocycles. The maximum absolute atomic E-state index is 11.7. The predicted octanol–water partition coefficient (Wildman–Crippen LogP) is 2.08. The third kappa shape index (κ3) is 3.41. The molecule has 6 heteroatoms. The second kappa shape index (κ2) is 5.97. The maximum Gasteiger partial charge on any atom is 0.417 e. The number of amides is 1. The van der Waals surface area contributed by atoms with Crippen molar-refractivity contribution in [3.63, 3.8) is 0 Å². The summed E-state index contributed by atoms with van der Waals surface area (Å²) in [6, 6.07) is 9.41. The highest BCUT2D eigenvalue weighted by atomic mass is 32.1. The van der Waals surface area contributed by atoms with E-state index in [1.165, 1.54) is 0 Å². The molecule has 1 amide bonds. The van der Waals surface area contributed by atoms with E-state index < -0.39 is 5.76 Å². The third-order valence-corrected chi connectivity index (χ3v) is 4.01. The highest BCUT2D eigenvalue weighted by molar-refractivity contribution is 7.10. The lowest BCUT2D eigenvalue weighted by molar-refractivity contribution is -0.120. The Morgan fingerprint density at radius 1 is 1.33 bits per heavy atom. The van der Waals surface area contributed by atoms with E-state index in [0.29, 0.717) is 30.5 Å². The number of H-pyrrole nitrogens is 1. The first-order chi connectivity index (χ1) is 10.2. The van der Waals surface area contributed by atoms with Crippen molar-refractivity contribution in [3.8, 4) is 0 Å². The fourth-order valence-electron chi connectivity index (χ4n) is 2.13. The first kappa shape index (κ1) is 13.6. The Bertz CT molecular complexity index is 802. The molecule has 108 valence electrons. The van der Waals surface area contributed by atoms with Crippen molar-refractivity contribution < 1.29 is 9.21 Å². The molecule has 0 saturated carbocycles. The van der Waals surface area contributed by atoms with Gasteiger partial charge in [-0.15, -0.1) is 11.3 Å². The number of nitrogens with one attached hydrogen (secondary N) is 2. The molecule has 2 N–H and O–H groups in total. The summed E-state index contributed by atoms with van der Waals surface area (Å²) < 4.78 is 4.94. The summed E-state index contributed by atoms with van der Waals surface area (Å²) in [6.45, 7) is 0.567. The number of hydrogen-bond donors (Lipinski definition) is 2. The van der Waals surface area contributed by atoms with Gasteiger partial charge in [-0.05, 0) is 35.6 Å². The Morgan fingerprint density at radius 3 is 3.05 bits per heavy atom. The van der Waals surface area contributed by atoms with Gasteiger partial charge in [-0.3, -0.25) is 9.78 Å². The van der Waals surface area contributed by atoms with Gasteiger partial charge in [-0.25, -0.2) is 4.79 Å². The van der Waals surface area contributed by atoms with Crippen LogP contribution in [0.1, 0.15) is 10.4 Å². The fourth-order valence-corrected chi connectivity index (χ4v) is 2.84. The SMILES string of the molecule is O=C(Cc1cccs1)NCCc1ccc2oc(=O)[nH]c2c1. The number of carbonyl (C=O) groups is 1. The molecule has 0 fully saturated rings. The van der Waals surface area contributed by atoms with Crippen LogP contribution in [0.2, 0.25) is 0 Å². The molecule has 0 spiro atoms. The smallest absolute Gasteiger partial charge is 0.408 e. The number of oxazole rings is 1. The van der Waals surface area contributed by atoms with Crippen LogP contribution in [0.3, 0.4) is 0 Å². The second-order valence-electron chi connectivity index (χ2n) is 4.70. The maximum atomic E-state index is 11.7. The van der Waals surface area contributed by atoms with Crippen LogP contribution >= 0.6 is 11.3 Å². The molecule has 1 aromatic carbocycles. The molecular weight excluding hydrogens is 288 g/mol. The number of aromatic amines is 1. The molecule has 0 aliphatic heterocycles. The van der Waals surface area contributed by atoms with E-state index in [1.54, 1.807) is 17.4 Å². The van der Waals surface area contributed by atoms with E-state index in [0.717, 1.165) is 10.4 Å². The van der Waals surface area contributed by atoms with Gasteiger partial charge in [0.15, 0.2) is 5.58 Å². The summed E-state index contributed by atoms with van der Waals surface area (Å²) in [6.07, 6.45) is 1.13. The Labute approximate surface area is 124 Å². The first-order valence-electron chi connectivity index (χ1n) is 6.61. The van der Waals surface area contributed by atoms with E-state index in [1.807, 2.05) is 29.6 Å². The van der Waals surface area contributed by atoms with E-state index in [4.69, 9.17) is 4.42 Å². The second-order valence-corrected chi connectivity index (χ2v) is 5.73. The minimum absolute atomic E-state index is 0.0234. The third-order valence-electron chi connectivity index (χ3n) is 3.13. The number of aromatic nitrogens is 1. The first-order valence-corrected chi connectivity index (χ1v) is 7.49. The van der Waals surface area contributed by atoms with Crippen LogP contribution in [0, 0.1) is 0 Å². The van der Waals surface area contributed by atoms with Gasteiger partial charge in [0, 0.05) is 11.4 Å². The molecular formula is C15H14N2O3S. The van der Waals surface area contributed by atoms with Crippen LogP contribution in [0.5, 0.6) is 0 Å². The van der Waals surface area contributed by atoms with Crippen LogP contribution in [0.25, 0.3) is 11.1 Å². The van der Waals surface area contributed by atoms with E-state index in [-0.39, 0.29) is 5.91 Å². The van der Waals surface area contributed by atoms with E-state index >= 15 is 0 Å². The zero-order valence-corrected chi connectivity index (χ0v) is 12.0. The molecule has 0 radical (unpaired) electrons. The van der Waals surface area contributed by atoms with Gasteiger partial charge >= 0.3 is 5.76 Å². The van der Waals surface area contributed by atoms with Gasteiger partial charge in [-0.2, -0.15) is 0 Å². The van der Waals surface area contributed by atoms with Crippen molar-refractivity contribution in [1.29, 1.82) is 0 Å². The van der Waals surface area contributed by atoms with Gasteiger partial charge in [0.1, 0.15) is 0 Å². The molecule has 0 aliphatic carbocycles. The fraction of sp³-hybridized carbons (Fsp3) is 0.200. The van der Waals surface area contributed by atoms with Crippen molar-refractivity contribution in [2.24, 2.45) is 0 Å². The van der Waals surface area contributed by atoms with Gasteiger partial charge < -0.3 is 9.73 Å². The van der Waals surface area contributed by atoms with Crippen LogP contribution in [0.4, 0.5) is 0 Å². The van der Waals surface area contributed by atoms with Gasteiger partial charge in [0.25, 0.3) is 0 Å². The molecule has 2 aromatic heterocycles. The number of thiophene rings is 1. The summed E-state index contributed by atoms with van der Waals surface area (Å²) in [4.78, 5) is 26.5. The van der Waals surface area contributed by atoms with Crippen molar-refractivity contribution in [2.45, 2.75) is 12.8 Å². The van der Waals surface area contributed by atoms with Crippen molar-refractivity contribution in [2.75, 3.05) is 6.54 Å². The van der Waals surface area contributed by atoms with E-state index in [9.17, 15) is 9.59 Å². The predicted molar refractivity (Wildman–Crippen MR) is 81.6 cm³/mol. The topological polar surface area (TPSA) is 75.1 Å². The number of fused-ring (bicyclic) bond motifs is 1. The normalized spacial score (nSPS) is 10.9. The highest BCUT2D eigenvalue weighted by Gasteiger charge is 2.05. The van der Waals surface area contributed by atoms with Crippen molar-refractivity contribution in [3.05, 3.63) is 56.7 Å². The Hall–Kier alpha value is -2.34. The van der Waals surface area contributed by atoms with Crippen LogP contribution in [-0.2, 0) is 17.6 Å². The zero-order valence-electron chi connectivity index (χ0n) is 11.2. The van der Waals surface area contributed by atoms with Crippen molar-refractivity contribution in [1.82, 2.24) is 10.3 Å². The van der Waals surface area contributed by atoms with Gasteiger partial charge in [-0.1, -0.05) is 12.1 Å². The Kier molecular flexibility index (Phi) is 3.87. The lowest BCUT2D eigenvalue weighted by Crippen LogP contribution is -2.26. The van der Waals surface area contributed by atoms with Crippen LogP contribution in [0.15, 0.2) is 44.9 Å². The molecule has 5 nitrogen and oxygen atoms in total. The average molecular weight is 302 g/mol. The van der Waals surface area contributed by atoms with Gasteiger partial charge in [0.2, 0.25) is 5.91 Å². The number of benzene rings is 1. The molecule has 0 aliphatic rings. The monoisotopic (exact) mass is 302 g/mol. The van der Waals surface area contributed by atoms with Crippen LogP contribution < -0.4 is 11.1 Å². The molecule has 0 unspecified atom stereocenters. The quantitative estimate of drug-likeness (QED) is 0.757. The molecule has 0 saturated heterocycles. The summed E-state index contributed by atoms with van der Waals surface area (Å²) >= 11 is 1.58. The summed E-state index contributed by atoms with van der Waals surface area (Å²) in [7, 11) is 0. The Morgan fingerprint density at radius 2 is 2.24 bits per heavy atom. The minimum Gasteiger partial charge on any atom is -0.408 e. The molecule has 21 heavy (non-hydrogen) atoms. The van der Waals surface area contributed by atoms with E-state index in [2.05, 4.69) is 10.3 Å². The molecule has 3 rings (SSSR count). The molecule has 0 bridgehead atoms. The highest BCUT2D eigenvalue weighted by Crippen LogP contribution is 2.12. The average Bonchev–Trinajstić information content (AvgIpc) is 3.06. The standard InChI is InChI=1S/C15H14N2O3S/c18-14(9-11-2-1-7-21-11)16-6-5-10-3-4-13-12(8-10)17-15(19)20-13/h1-4,7-8H,5-6,9H2,(H,16,18)(H,17,19). The number of carbonyl (C=O) groups excluding carboxylic acids is 1. The lowest BCUT2D eigenvalue weighted by atomic mass is 10.1. The van der Waals surface area contributed by atoms with Crippen LogP contribution in [-0.4, -0.2) is 17.4 Å². The molecule has 0 atom stereocenters. The summed E-state index contributed by atoms with van der Waals surface area (Å²) in [5.41, 5.74) is 2.27. The number of hydrogen-bond acceptors (Lipinski definition) is 4. The lowest BCUT2D eigenvalue weighted by Gasteiger charge is -2.04.